The van der Waals surface area contributed by atoms with E-state index in [1.807, 2.05) is 6.07 Å². The first-order chi connectivity index (χ1) is 12.5. The number of rotatable bonds is 7. The van der Waals surface area contributed by atoms with Crippen LogP contribution in [-0.4, -0.2) is 69.9 Å². The highest BCUT2D eigenvalue weighted by molar-refractivity contribution is 5.79. The van der Waals surface area contributed by atoms with Crippen LogP contribution in [0.4, 0.5) is 18.9 Å². The number of hydrogen-bond acceptors (Lipinski definition) is 3. The number of nitrogens with one attached hydrogen (secondary N) is 2. The van der Waals surface area contributed by atoms with Crippen LogP contribution >= 0.6 is 0 Å². The van der Waals surface area contributed by atoms with E-state index in [2.05, 4.69) is 49.7 Å². The highest BCUT2D eigenvalue weighted by atomic mass is 19.4. The van der Waals surface area contributed by atoms with E-state index < -0.39 is 12.6 Å². The number of piperazine rings is 1. The molecule has 2 rings (SSSR count). The van der Waals surface area contributed by atoms with Gasteiger partial charge in [0.1, 0.15) is 0 Å². The number of para-hydroxylation sites is 1. The van der Waals surface area contributed by atoms with Crippen molar-refractivity contribution in [2.45, 2.75) is 19.0 Å². The minimum absolute atomic E-state index is 0.162. The summed E-state index contributed by atoms with van der Waals surface area (Å²) in [4.78, 5) is 8.75. The third kappa shape index (κ3) is 7.51. The van der Waals surface area contributed by atoms with Crippen LogP contribution in [0.2, 0.25) is 0 Å². The number of nitrogens with zero attached hydrogens (tertiary/aromatic N) is 3. The van der Waals surface area contributed by atoms with Crippen LogP contribution in [-0.2, 0) is 0 Å². The summed E-state index contributed by atoms with van der Waals surface area (Å²) in [5.74, 6) is 0.420. The van der Waals surface area contributed by atoms with Gasteiger partial charge in [-0.25, -0.2) is 0 Å². The lowest BCUT2D eigenvalue weighted by atomic mass is 10.2. The summed E-state index contributed by atoms with van der Waals surface area (Å²) < 4.78 is 36.4. The second-order valence-electron chi connectivity index (χ2n) is 6.31. The topological polar surface area (TPSA) is 42.9 Å². The number of alkyl halides is 3. The summed E-state index contributed by atoms with van der Waals surface area (Å²) in [6.45, 7) is 5.56. The Hall–Kier alpha value is -1.96. The smallest absolute Gasteiger partial charge is 0.369 e. The standard InChI is InChI=1S/C18H28F3N5/c1-22-17(24-10-8-18(19,20)21)23-9-5-11-25-12-14-26(15-13-25)16-6-3-2-4-7-16/h2-4,6-7H,5,8-15H2,1H3,(H2,22,23,24). The molecule has 1 aromatic rings. The highest BCUT2D eigenvalue weighted by Crippen LogP contribution is 2.18. The molecule has 8 heteroatoms. The van der Waals surface area contributed by atoms with Crippen molar-refractivity contribution in [1.29, 1.82) is 0 Å². The van der Waals surface area contributed by atoms with Gasteiger partial charge in [-0.3, -0.25) is 9.89 Å². The fraction of sp³-hybridized carbons (Fsp3) is 0.611. The lowest BCUT2D eigenvalue weighted by molar-refractivity contribution is -0.132. The lowest BCUT2D eigenvalue weighted by Crippen LogP contribution is -2.47. The van der Waals surface area contributed by atoms with Crippen molar-refractivity contribution in [3.63, 3.8) is 0 Å². The molecule has 1 fully saturated rings. The van der Waals surface area contributed by atoms with Gasteiger partial charge in [-0.2, -0.15) is 13.2 Å². The monoisotopic (exact) mass is 371 g/mol. The molecule has 2 N–H and O–H groups in total. The maximum absolute atomic E-state index is 12.1. The van der Waals surface area contributed by atoms with Crippen molar-refractivity contribution >= 4 is 11.6 Å². The zero-order valence-corrected chi connectivity index (χ0v) is 15.2. The van der Waals surface area contributed by atoms with Gasteiger partial charge in [0.05, 0.1) is 6.42 Å². The van der Waals surface area contributed by atoms with E-state index in [-0.39, 0.29) is 6.54 Å². The van der Waals surface area contributed by atoms with Crippen LogP contribution in [0.15, 0.2) is 35.3 Å². The predicted octanol–water partition coefficient (Wildman–Crippen LogP) is 2.32. The number of aliphatic imine (C=N–C) groups is 1. The summed E-state index contributed by atoms with van der Waals surface area (Å²) in [5, 5.41) is 5.75. The molecule has 0 amide bonds. The van der Waals surface area contributed by atoms with Crippen molar-refractivity contribution in [3.8, 4) is 0 Å². The van der Waals surface area contributed by atoms with E-state index >= 15 is 0 Å². The fourth-order valence-electron chi connectivity index (χ4n) is 2.92. The van der Waals surface area contributed by atoms with Gasteiger partial charge in [-0.15, -0.1) is 0 Å². The molecule has 1 aromatic carbocycles. The molecule has 0 spiro atoms. The minimum atomic E-state index is -4.15. The Morgan fingerprint density at radius 3 is 2.31 bits per heavy atom. The van der Waals surface area contributed by atoms with Crippen LogP contribution < -0.4 is 15.5 Å². The molecule has 1 saturated heterocycles. The Morgan fingerprint density at radius 2 is 1.69 bits per heavy atom. The number of guanidine groups is 1. The zero-order chi connectivity index (χ0) is 18.8. The van der Waals surface area contributed by atoms with Crippen LogP contribution in [0.3, 0.4) is 0 Å². The molecule has 1 aliphatic heterocycles. The van der Waals surface area contributed by atoms with E-state index in [0.717, 1.165) is 39.1 Å². The first-order valence-electron chi connectivity index (χ1n) is 9.01. The summed E-state index contributed by atoms with van der Waals surface area (Å²) in [6.07, 6.45) is -4.08. The highest BCUT2D eigenvalue weighted by Gasteiger charge is 2.26. The molecule has 5 nitrogen and oxygen atoms in total. The maximum atomic E-state index is 12.1. The molecule has 0 aromatic heterocycles. The van der Waals surface area contributed by atoms with Crippen molar-refractivity contribution < 1.29 is 13.2 Å². The Kier molecular flexibility index (Phi) is 8.03. The second-order valence-corrected chi connectivity index (χ2v) is 6.31. The van der Waals surface area contributed by atoms with Crippen molar-refractivity contribution in [3.05, 3.63) is 30.3 Å². The van der Waals surface area contributed by atoms with E-state index in [4.69, 9.17) is 0 Å². The summed E-state index contributed by atoms with van der Waals surface area (Å²) >= 11 is 0. The van der Waals surface area contributed by atoms with Gasteiger partial charge in [0.25, 0.3) is 0 Å². The normalized spacial score (nSPS) is 16.6. The van der Waals surface area contributed by atoms with E-state index in [0.29, 0.717) is 12.5 Å². The molecule has 146 valence electrons. The maximum Gasteiger partial charge on any atom is 0.390 e. The molecule has 0 saturated carbocycles. The molecule has 0 bridgehead atoms. The quantitative estimate of drug-likeness (QED) is 0.439. The SMILES string of the molecule is CN=C(NCCCN1CCN(c2ccccc2)CC1)NCCC(F)(F)F. The van der Waals surface area contributed by atoms with Gasteiger partial charge in [0, 0.05) is 52.0 Å². The Bertz CT molecular complexity index is 540. The third-order valence-corrected chi connectivity index (χ3v) is 4.36. The average Bonchev–Trinajstić information content (AvgIpc) is 2.64. The van der Waals surface area contributed by atoms with E-state index in [9.17, 15) is 13.2 Å². The predicted molar refractivity (Wildman–Crippen MR) is 99.7 cm³/mol. The molecule has 0 unspecified atom stereocenters. The minimum Gasteiger partial charge on any atom is -0.369 e. The van der Waals surface area contributed by atoms with Crippen molar-refractivity contribution in [1.82, 2.24) is 15.5 Å². The Balaban J connectivity index is 1.57. The average molecular weight is 371 g/mol. The largest absolute Gasteiger partial charge is 0.390 e. The van der Waals surface area contributed by atoms with Crippen molar-refractivity contribution in [2.24, 2.45) is 4.99 Å². The van der Waals surface area contributed by atoms with E-state index in [1.165, 1.54) is 5.69 Å². The van der Waals surface area contributed by atoms with Crippen molar-refractivity contribution in [2.75, 3.05) is 57.8 Å². The molecule has 0 atom stereocenters. The molecule has 26 heavy (non-hydrogen) atoms. The first-order valence-corrected chi connectivity index (χ1v) is 9.01. The first kappa shape index (κ1) is 20.4. The second kappa shape index (κ2) is 10.3. The third-order valence-electron chi connectivity index (χ3n) is 4.36. The number of anilines is 1. The van der Waals surface area contributed by atoms with Crippen LogP contribution in [0, 0.1) is 0 Å². The molecule has 1 aliphatic rings. The lowest BCUT2D eigenvalue weighted by Gasteiger charge is -2.36. The van der Waals surface area contributed by atoms with Crippen LogP contribution in [0.25, 0.3) is 0 Å². The summed E-state index contributed by atoms with van der Waals surface area (Å²) in [5.41, 5.74) is 1.27. The van der Waals surface area contributed by atoms with Gasteiger partial charge in [-0.1, -0.05) is 18.2 Å². The molecular formula is C18H28F3N5. The van der Waals surface area contributed by atoms with Crippen LogP contribution in [0.5, 0.6) is 0 Å². The van der Waals surface area contributed by atoms with Gasteiger partial charge < -0.3 is 15.5 Å². The number of benzene rings is 1. The summed E-state index contributed by atoms with van der Waals surface area (Å²) in [6, 6.07) is 10.4. The van der Waals surface area contributed by atoms with Crippen LogP contribution in [0.1, 0.15) is 12.8 Å². The van der Waals surface area contributed by atoms with Gasteiger partial charge in [-0.05, 0) is 25.1 Å². The Labute approximate surface area is 153 Å². The number of halogens is 3. The summed E-state index contributed by atoms with van der Waals surface area (Å²) in [7, 11) is 1.56. The fourth-order valence-corrected chi connectivity index (χ4v) is 2.92. The number of hydrogen-bond donors (Lipinski definition) is 2. The molecule has 1 heterocycles. The zero-order valence-electron chi connectivity index (χ0n) is 15.2. The van der Waals surface area contributed by atoms with Gasteiger partial charge >= 0.3 is 6.18 Å². The Morgan fingerprint density at radius 1 is 1.04 bits per heavy atom. The molecular weight excluding hydrogens is 343 g/mol. The van der Waals surface area contributed by atoms with Gasteiger partial charge in [0.2, 0.25) is 0 Å². The molecule has 0 radical (unpaired) electrons. The molecule has 0 aliphatic carbocycles. The van der Waals surface area contributed by atoms with Gasteiger partial charge in [0.15, 0.2) is 5.96 Å². The van der Waals surface area contributed by atoms with E-state index in [1.54, 1.807) is 7.05 Å².